The van der Waals surface area contributed by atoms with Crippen LogP contribution in [0.15, 0.2) is 0 Å². The van der Waals surface area contributed by atoms with Gasteiger partial charge in [-0.3, -0.25) is 4.18 Å². The highest BCUT2D eigenvalue weighted by atomic mass is 32.2. The molecule has 0 aromatic heterocycles. The molecule has 5 nitrogen and oxygen atoms in total. The van der Waals surface area contributed by atoms with Crippen molar-refractivity contribution in [2.75, 3.05) is 19.0 Å². The van der Waals surface area contributed by atoms with Crippen LogP contribution < -0.4 is 6.15 Å². The van der Waals surface area contributed by atoms with Crippen LogP contribution in [-0.2, 0) is 14.3 Å². The fraction of sp³-hybridized carbons (Fsp3) is 1.00. The van der Waals surface area contributed by atoms with E-state index in [-0.39, 0.29) is 25.1 Å². The molecule has 0 radical (unpaired) electrons. The molecule has 0 aliphatic rings. The number of rotatable bonds is 14. The zero-order chi connectivity index (χ0) is 14.4. The van der Waals surface area contributed by atoms with Crippen LogP contribution in [0.4, 0.5) is 0 Å². The van der Waals surface area contributed by atoms with Gasteiger partial charge in [-0.05, 0) is 6.42 Å². The average molecular weight is 311 g/mol. The third-order valence-corrected chi connectivity index (χ3v) is 4.31. The van der Waals surface area contributed by atoms with Crippen molar-refractivity contribution in [3.63, 3.8) is 0 Å². The molecule has 6 heteroatoms. The van der Waals surface area contributed by atoms with E-state index in [1.54, 1.807) is 0 Å². The van der Waals surface area contributed by atoms with Gasteiger partial charge in [0.25, 0.3) is 10.1 Å². The maximum absolute atomic E-state index is 11.1. The first kappa shape index (κ1) is 22.1. The topological polar surface area (TPSA) is 98.6 Å². The second-order valence-electron chi connectivity index (χ2n) is 4.99. The predicted molar refractivity (Wildman–Crippen MR) is 83.7 cm³/mol. The fourth-order valence-corrected chi connectivity index (χ4v) is 2.66. The lowest BCUT2D eigenvalue weighted by Crippen LogP contribution is -2.14. The summed E-state index contributed by atoms with van der Waals surface area (Å²) < 4.78 is 27.0. The lowest BCUT2D eigenvalue weighted by molar-refractivity contribution is 0.285. The fourth-order valence-electron chi connectivity index (χ4n) is 1.95. The van der Waals surface area contributed by atoms with Gasteiger partial charge in [0.1, 0.15) is 0 Å². The number of unbranched alkanes of at least 4 members (excludes halogenated alkanes) is 9. The molecule has 0 saturated heterocycles. The minimum atomic E-state index is -3.49. The van der Waals surface area contributed by atoms with Crippen LogP contribution in [0, 0.1) is 0 Å². The summed E-state index contributed by atoms with van der Waals surface area (Å²) >= 11 is 0. The molecule has 0 saturated carbocycles. The van der Waals surface area contributed by atoms with Gasteiger partial charge >= 0.3 is 0 Å². The van der Waals surface area contributed by atoms with Gasteiger partial charge in [-0.15, -0.1) is 0 Å². The Balaban J connectivity index is 0. The lowest BCUT2D eigenvalue weighted by Gasteiger charge is -2.04. The predicted octanol–water partition coefficient (Wildman–Crippen LogP) is 3.41. The summed E-state index contributed by atoms with van der Waals surface area (Å²) in [7, 11) is -3.49. The molecule has 0 rings (SSSR count). The van der Waals surface area contributed by atoms with Crippen LogP contribution in [0.25, 0.3) is 0 Å². The Morgan fingerprint density at radius 3 is 1.75 bits per heavy atom. The summed E-state index contributed by atoms with van der Waals surface area (Å²) in [5.74, 6) is -0.301. The summed E-state index contributed by atoms with van der Waals surface area (Å²) in [6.07, 6.45) is 12.1. The molecule has 0 amide bonds. The second kappa shape index (κ2) is 15.2. The molecule has 0 spiro atoms. The normalized spacial score (nSPS) is 11.3. The van der Waals surface area contributed by atoms with E-state index in [1.807, 2.05) is 0 Å². The summed E-state index contributed by atoms with van der Waals surface area (Å²) in [6, 6.07) is 0. The molecule has 0 aliphatic carbocycles. The largest absolute Gasteiger partial charge is 0.395 e. The first-order valence-corrected chi connectivity index (χ1v) is 9.18. The molecule has 4 N–H and O–H groups in total. The molecule has 0 unspecified atom stereocenters. The van der Waals surface area contributed by atoms with Gasteiger partial charge in [0.15, 0.2) is 0 Å². The van der Waals surface area contributed by atoms with Crippen molar-refractivity contribution in [3.8, 4) is 0 Å². The van der Waals surface area contributed by atoms with E-state index in [0.717, 1.165) is 19.3 Å². The van der Waals surface area contributed by atoms with E-state index in [1.165, 1.54) is 44.9 Å². The van der Waals surface area contributed by atoms with E-state index in [4.69, 9.17) is 9.29 Å². The Morgan fingerprint density at radius 1 is 0.850 bits per heavy atom. The molecule has 0 aromatic rings. The maximum atomic E-state index is 11.1. The Labute approximate surface area is 124 Å². The van der Waals surface area contributed by atoms with Crippen molar-refractivity contribution in [3.05, 3.63) is 0 Å². The highest BCUT2D eigenvalue weighted by Gasteiger charge is 2.08. The standard InChI is InChI=1S/C14H30O4S.H3N/c1-2-3-4-5-6-7-8-9-10-11-13-18-19(16,17)14-12-15;/h15H,2-14H2,1H3;1H3. The molecule has 0 atom stereocenters. The Hall–Kier alpha value is -0.170. The molecule has 124 valence electrons. The van der Waals surface area contributed by atoms with Gasteiger partial charge < -0.3 is 11.3 Å². The molecular weight excluding hydrogens is 278 g/mol. The number of hydrogen-bond acceptors (Lipinski definition) is 5. The minimum Gasteiger partial charge on any atom is -0.395 e. The lowest BCUT2D eigenvalue weighted by atomic mass is 10.1. The highest BCUT2D eigenvalue weighted by Crippen LogP contribution is 2.10. The van der Waals surface area contributed by atoms with Crippen LogP contribution in [0.5, 0.6) is 0 Å². The first-order valence-electron chi connectivity index (χ1n) is 7.60. The molecule has 0 aliphatic heterocycles. The molecule has 0 aromatic carbocycles. The zero-order valence-corrected chi connectivity index (χ0v) is 13.8. The van der Waals surface area contributed by atoms with Gasteiger partial charge in [0.2, 0.25) is 0 Å². The summed E-state index contributed by atoms with van der Waals surface area (Å²) in [6.45, 7) is 2.10. The number of aliphatic hydroxyl groups excluding tert-OH is 1. The number of aliphatic hydroxyl groups is 1. The first-order chi connectivity index (χ1) is 9.12. The molecular formula is C14H33NO4S. The Morgan fingerprint density at radius 2 is 1.30 bits per heavy atom. The molecule has 0 fully saturated rings. The summed E-state index contributed by atoms with van der Waals surface area (Å²) in [5.41, 5.74) is 0. The van der Waals surface area contributed by atoms with Crippen LogP contribution in [0.2, 0.25) is 0 Å². The third-order valence-electron chi connectivity index (χ3n) is 3.10. The summed E-state index contributed by atoms with van der Waals surface area (Å²) in [5, 5.41) is 8.52. The van der Waals surface area contributed by atoms with Crippen molar-refractivity contribution in [2.24, 2.45) is 0 Å². The van der Waals surface area contributed by atoms with E-state index in [9.17, 15) is 8.42 Å². The number of hydrogen-bond donors (Lipinski definition) is 2. The van der Waals surface area contributed by atoms with E-state index >= 15 is 0 Å². The van der Waals surface area contributed by atoms with Gasteiger partial charge in [-0.2, -0.15) is 8.42 Å². The van der Waals surface area contributed by atoms with Gasteiger partial charge in [-0.1, -0.05) is 64.7 Å². The van der Waals surface area contributed by atoms with Crippen molar-refractivity contribution < 1.29 is 17.7 Å². The minimum absolute atomic E-state index is 0. The van der Waals surface area contributed by atoms with Gasteiger partial charge in [-0.25, -0.2) is 0 Å². The highest BCUT2D eigenvalue weighted by molar-refractivity contribution is 7.86. The van der Waals surface area contributed by atoms with Crippen LogP contribution >= 0.6 is 0 Å². The van der Waals surface area contributed by atoms with Crippen LogP contribution in [0.1, 0.15) is 71.1 Å². The smallest absolute Gasteiger partial charge is 0.269 e. The van der Waals surface area contributed by atoms with Gasteiger partial charge in [0.05, 0.1) is 19.0 Å². The second-order valence-corrected chi connectivity index (χ2v) is 6.75. The van der Waals surface area contributed by atoms with Crippen molar-refractivity contribution in [1.29, 1.82) is 0 Å². The SMILES string of the molecule is CCCCCCCCCCCCOS(=O)(=O)CCO.N. The van der Waals surface area contributed by atoms with Crippen LogP contribution in [-0.4, -0.2) is 32.5 Å². The maximum Gasteiger partial charge on any atom is 0.269 e. The van der Waals surface area contributed by atoms with Crippen molar-refractivity contribution in [2.45, 2.75) is 71.1 Å². The van der Waals surface area contributed by atoms with Crippen molar-refractivity contribution >= 4 is 10.1 Å². The van der Waals surface area contributed by atoms with E-state index in [0.29, 0.717) is 0 Å². The van der Waals surface area contributed by atoms with E-state index in [2.05, 4.69) is 6.92 Å². The van der Waals surface area contributed by atoms with E-state index < -0.39 is 10.1 Å². The van der Waals surface area contributed by atoms with Crippen LogP contribution in [0.3, 0.4) is 0 Å². The molecule has 20 heavy (non-hydrogen) atoms. The zero-order valence-electron chi connectivity index (χ0n) is 13.0. The Kier molecular flexibility index (Phi) is 16.8. The summed E-state index contributed by atoms with van der Waals surface area (Å²) in [4.78, 5) is 0. The quantitative estimate of drug-likeness (QED) is 0.378. The molecule has 0 heterocycles. The molecule has 0 bridgehead atoms. The van der Waals surface area contributed by atoms with Crippen molar-refractivity contribution in [1.82, 2.24) is 6.15 Å². The third kappa shape index (κ3) is 15.9. The monoisotopic (exact) mass is 311 g/mol. The van der Waals surface area contributed by atoms with Gasteiger partial charge in [0, 0.05) is 0 Å². The Bertz CT molecular complexity index is 281. The average Bonchev–Trinajstić information content (AvgIpc) is 2.36.